The fourth-order valence-electron chi connectivity index (χ4n) is 3.76. The van der Waals surface area contributed by atoms with Gasteiger partial charge in [-0.2, -0.15) is 11.3 Å². The lowest BCUT2D eigenvalue weighted by Gasteiger charge is -2.38. The van der Waals surface area contributed by atoms with Crippen molar-refractivity contribution in [1.82, 2.24) is 4.90 Å². The van der Waals surface area contributed by atoms with E-state index in [-0.39, 0.29) is 0 Å². The van der Waals surface area contributed by atoms with Crippen LogP contribution in [0.15, 0.2) is 35.0 Å². The molecule has 2 aromatic rings. The summed E-state index contributed by atoms with van der Waals surface area (Å²) in [5, 5.41) is 5.59. The molecule has 2 atom stereocenters. The number of ether oxygens (including phenoxy) is 1. The topological polar surface area (TPSA) is 12.5 Å². The molecule has 0 radical (unpaired) electrons. The van der Waals surface area contributed by atoms with Gasteiger partial charge in [-0.25, -0.2) is 0 Å². The summed E-state index contributed by atoms with van der Waals surface area (Å²) in [6.45, 7) is 6.46. The van der Waals surface area contributed by atoms with Crippen LogP contribution in [0.3, 0.4) is 0 Å². The van der Waals surface area contributed by atoms with E-state index in [0.717, 1.165) is 12.3 Å². The van der Waals surface area contributed by atoms with E-state index in [0.29, 0.717) is 28.5 Å². The third-order valence-corrected chi connectivity index (χ3v) is 6.66. The molecule has 1 aliphatic heterocycles. The Kier molecular flexibility index (Phi) is 7.68. The molecule has 0 amide bonds. The number of hydrogen-bond donors (Lipinski definition) is 0. The molecule has 2 nitrogen and oxygen atoms in total. The van der Waals surface area contributed by atoms with Crippen molar-refractivity contribution in [3.8, 4) is 5.75 Å². The van der Waals surface area contributed by atoms with E-state index < -0.39 is 0 Å². The molecule has 1 aromatic carbocycles. The van der Waals surface area contributed by atoms with Crippen molar-refractivity contribution in [3.63, 3.8) is 0 Å². The summed E-state index contributed by atoms with van der Waals surface area (Å²) >= 11 is 13.9. The second kappa shape index (κ2) is 9.98. The minimum absolute atomic E-state index is 0.495. The van der Waals surface area contributed by atoms with E-state index in [1.54, 1.807) is 17.4 Å². The van der Waals surface area contributed by atoms with Crippen LogP contribution in [0.5, 0.6) is 5.75 Å². The quantitative estimate of drug-likeness (QED) is 0.446. The molecular weight excluding hydrogens is 385 g/mol. The first-order valence-corrected chi connectivity index (χ1v) is 11.2. The number of piperidine rings is 1. The number of halogens is 2. The number of likely N-dealkylation sites (tertiary alicyclic amines) is 1. The van der Waals surface area contributed by atoms with Crippen LogP contribution in [-0.4, -0.2) is 31.1 Å². The van der Waals surface area contributed by atoms with Gasteiger partial charge in [-0.05, 0) is 66.4 Å². The van der Waals surface area contributed by atoms with Crippen LogP contribution in [0.4, 0.5) is 0 Å². The molecule has 0 spiro atoms. The largest absolute Gasteiger partial charge is 0.493 e. The fourth-order valence-corrected chi connectivity index (χ4v) is 4.77. The first-order valence-electron chi connectivity index (χ1n) is 9.49. The van der Waals surface area contributed by atoms with Crippen LogP contribution in [0, 0.1) is 5.92 Å². The van der Waals surface area contributed by atoms with Crippen molar-refractivity contribution in [2.75, 3.05) is 26.2 Å². The molecule has 142 valence electrons. The monoisotopic (exact) mass is 411 g/mol. The summed E-state index contributed by atoms with van der Waals surface area (Å²) in [5.74, 6) is 1.87. The third kappa shape index (κ3) is 5.39. The number of thiophene rings is 1. The average molecular weight is 412 g/mol. The van der Waals surface area contributed by atoms with Crippen molar-refractivity contribution in [3.05, 3.63) is 50.6 Å². The van der Waals surface area contributed by atoms with Gasteiger partial charge < -0.3 is 9.64 Å². The number of benzene rings is 1. The zero-order chi connectivity index (χ0) is 18.4. The van der Waals surface area contributed by atoms with Gasteiger partial charge in [0.15, 0.2) is 0 Å². The molecule has 5 heteroatoms. The number of rotatable bonds is 8. The van der Waals surface area contributed by atoms with E-state index in [2.05, 4.69) is 28.7 Å². The van der Waals surface area contributed by atoms with Gasteiger partial charge in [-0.15, -0.1) is 0 Å². The lowest BCUT2D eigenvalue weighted by molar-refractivity contribution is 0.110. The summed E-state index contributed by atoms with van der Waals surface area (Å²) in [6.07, 6.45) is 5.09. The van der Waals surface area contributed by atoms with Crippen molar-refractivity contribution in [2.24, 2.45) is 5.92 Å². The standard InChI is InChI=1S/C21H27Cl2NOS/c1-2-3-4-9-24-10-7-19(16-8-11-26-15-16)17(13-24)14-25-18-5-6-20(22)21(23)12-18/h5-6,8,11-12,15,17,19H,2-4,7,9-10,13-14H2,1H3. The van der Waals surface area contributed by atoms with Crippen LogP contribution in [0.2, 0.25) is 10.0 Å². The highest BCUT2D eigenvalue weighted by molar-refractivity contribution is 7.08. The Bertz CT molecular complexity index is 677. The van der Waals surface area contributed by atoms with E-state index in [4.69, 9.17) is 27.9 Å². The summed E-state index contributed by atoms with van der Waals surface area (Å²) in [4.78, 5) is 2.61. The van der Waals surface area contributed by atoms with E-state index in [1.807, 2.05) is 12.1 Å². The summed E-state index contributed by atoms with van der Waals surface area (Å²) in [6, 6.07) is 7.78. The molecule has 0 aliphatic carbocycles. The van der Waals surface area contributed by atoms with Crippen molar-refractivity contribution < 1.29 is 4.74 Å². The van der Waals surface area contributed by atoms with Gasteiger partial charge in [0.2, 0.25) is 0 Å². The van der Waals surface area contributed by atoms with Crippen LogP contribution in [-0.2, 0) is 0 Å². The zero-order valence-corrected chi connectivity index (χ0v) is 17.6. The highest BCUT2D eigenvalue weighted by Gasteiger charge is 2.31. The molecule has 0 bridgehead atoms. The van der Waals surface area contributed by atoms with E-state index >= 15 is 0 Å². The number of nitrogens with zero attached hydrogens (tertiary/aromatic N) is 1. The molecule has 1 fully saturated rings. The Hall–Kier alpha value is -0.740. The van der Waals surface area contributed by atoms with Gasteiger partial charge in [-0.3, -0.25) is 0 Å². The third-order valence-electron chi connectivity index (χ3n) is 5.22. The van der Waals surface area contributed by atoms with Gasteiger partial charge in [0.05, 0.1) is 16.7 Å². The molecular formula is C21H27Cl2NOS. The lowest BCUT2D eigenvalue weighted by Crippen LogP contribution is -2.42. The molecule has 1 saturated heterocycles. The minimum atomic E-state index is 0.495. The summed E-state index contributed by atoms with van der Waals surface area (Å²) < 4.78 is 6.12. The SMILES string of the molecule is CCCCCN1CCC(c2ccsc2)C(COc2ccc(Cl)c(Cl)c2)C1. The van der Waals surface area contributed by atoms with Gasteiger partial charge in [0, 0.05) is 18.5 Å². The van der Waals surface area contributed by atoms with Crippen LogP contribution < -0.4 is 4.74 Å². The second-order valence-corrected chi connectivity index (χ2v) is 8.70. The summed E-state index contributed by atoms with van der Waals surface area (Å²) in [7, 11) is 0. The van der Waals surface area contributed by atoms with E-state index in [1.165, 1.54) is 44.3 Å². The summed E-state index contributed by atoms with van der Waals surface area (Å²) in [5.41, 5.74) is 1.46. The predicted octanol–water partition coefficient (Wildman–Crippen LogP) is 6.73. The molecule has 0 N–H and O–H groups in total. The first-order chi connectivity index (χ1) is 12.7. The van der Waals surface area contributed by atoms with Crippen LogP contribution in [0.1, 0.15) is 44.1 Å². The Balaban J connectivity index is 1.64. The second-order valence-electron chi connectivity index (χ2n) is 7.11. The molecule has 1 aromatic heterocycles. The van der Waals surface area contributed by atoms with Crippen molar-refractivity contribution in [2.45, 2.75) is 38.5 Å². The van der Waals surface area contributed by atoms with Gasteiger partial charge in [0.25, 0.3) is 0 Å². The Morgan fingerprint density at radius 3 is 2.81 bits per heavy atom. The normalized spacial score (nSPS) is 21.0. The molecule has 26 heavy (non-hydrogen) atoms. The number of unbranched alkanes of at least 4 members (excludes halogenated alkanes) is 2. The molecule has 1 aliphatic rings. The Morgan fingerprint density at radius 2 is 2.08 bits per heavy atom. The Labute approximate surface area is 171 Å². The smallest absolute Gasteiger partial charge is 0.120 e. The maximum atomic E-state index is 6.12. The zero-order valence-electron chi connectivity index (χ0n) is 15.3. The molecule has 2 heterocycles. The maximum Gasteiger partial charge on any atom is 0.120 e. The van der Waals surface area contributed by atoms with Crippen LogP contribution >= 0.6 is 34.5 Å². The highest BCUT2D eigenvalue weighted by Crippen LogP contribution is 2.35. The predicted molar refractivity (Wildman–Crippen MR) is 113 cm³/mol. The van der Waals surface area contributed by atoms with Gasteiger partial charge >= 0.3 is 0 Å². The molecule has 0 saturated carbocycles. The van der Waals surface area contributed by atoms with Crippen molar-refractivity contribution in [1.29, 1.82) is 0 Å². The minimum Gasteiger partial charge on any atom is -0.493 e. The highest BCUT2D eigenvalue weighted by atomic mass is 35.5. The maximum absolute atomic E-state index is 6.12. The van der Waals surface area contributed by atoms with Crippen LogP contribution in [0.25, 0.3) is 0 Å². The Morgan fingerprint density at radius 1 is 1.19 bits per heavy atom. The number of hydrogen-bond acceptors (Lipinski definition) is 3. The van der Waals surface area contributed by atoms with Gasteiger partial charge in [0.1, 0.15) is 5.75 Å². The van der Waals surface area contributed by atoms with Crippen molar-refractivity contribution >= 4 is 34.5 Å². The fraction of sp³-hybridized carbons (Fsp3) is 0.524. The van der Waals surface area contributed by atoms with Gasteiger partial charge in [-0.1, -0.05) is 43.0 Å². The molecule has 3 rings (SSSR count). The lowest BCUT2D eigenvalue weighted by atomic mass is 9.82. The average Bonchev–Trinajstić information content (AvgIpc) is 3.17. The first kappa shape index (κ1) is 20.0. The van der Waals surface area contributed by atoms with E-state index in [9.17, 15) is 0 Å². The molecule has 2 unspecified atom stereocenters.